The van der Waals surface area contributed by atoms with Gasteiger partial charge in [-0.2, -0.15) is 0 Å². The van der Waals surface area contributed by atoms with E-state index < -0.39 is 0 Å². The highest BCUT2D eigenvalue weighted by Gasteiger charge is 2.13. The molecule has 0 aromatic heterocycles. The molecule has 3 nitrogen and oxygen atoms in total. The highest BCUT2D eigenvalue weighted by molar-refractivity contribution is 6.10. The second-order valence-corrected chi connectivity index (χ2v) is 4.49. The Labute approximate surface area is 119 Å². The standard InChI is InChI=1S/C17H19NO2/c1-2-20-15-8-5-7-14(12-15)17(19)16-9-4-3-6-13(16)10-11-18/h3-9,12H,2,10-11,18H2,1H3. The van der Waals surface area contributed by atoms with Crippen LogP contribution in [0.1, 0.15) is 28.4 Å². The SMILES string of the molecule is CCOc1cccc(C(=O)c2ccccc2CCN)c1. The zero-order chi connectivity index (χ0) is 14.4. The van der Waals surface area contributed by atoms with Gasteiger partial charge in [-0.1, -0.05) is 36.4 Å². The van der Waals surface area contributed by atoms with Gasteiger partial charge in [-0.15, -0.1) is 0 Å². The van der Waals surface area contributed by atoms with Gasteiger partial charge < -0.3 is 10.5 Å². The van der Waals surface area contributed by atoms with E-state index in [1.54, 1.807) is 6.07 Å². The Morgan fingerprint density at radius 3 is 2.70 bits per heavy atom. The summed E-state index contributed by atoms with van der Waals surface area (Å²) in [6, 6.07) is 14.9. The van der Waals surface area contributed by atoms with Gasteiger partial charge in [0.1, 0.15) is 5.75 Å². The van der Waals surface area contributed by atoms with Crippen LogP contribution in [0.3, 0.4) is 0 Å². The van der Waals surface area contributed by atoms with Gasteiger partial charge in [-0.3, -0.25) is 4.79 Å². The molecule has 0 unspecified atom stereocenters. The van der Waals surface area contributed by atoms with Crippen molar-refractivity contribution in [3.63, 3.8) is 0 Å². The second-order valence-electron chi connectivity index (χ2n) is 4.49. The van der Waals surface area contributed by atoms with E-state index in [4.69, 9.17) is 10.5 Å². The highest BCUT2D eigenvalue weighted by Crippen LogP contribution is 2.19. The van der Waals surface area contributed by atoms with Crippen LogP contribution < -0.4 is 10.5 Å². The lowest BCUT2D eigenvalue weighted by Crippen LogP contribution is -2.10. The maximum Gasteiger partial charge on any atom is 0.193 e. The molecule has 0 aliphatic heterocycles. The number of ether oxygens (including phenoxy) is 1. The third kappa shape index (κ3) is 3.25. The molecule has 2 N–H and O–H groups in total. The Balaban J connectivity index is 2.33. The number of nitrogens with two attached hydrogens (primary N) is 1. The van der Waals surface area contributed by atoms with Gasteiger partial charge in [-0.25, -0.2) is 0 Å². The predicted octanol–water partition coefficient (Wildman–Crippen LogP) is 2.82. The van der Waals surface area contributed by atoms with Gasteiger partial charge in [0, 0.05) is 11.1 Å². The van der Waals surface area contributed by atoms with Crippen molar-refractivity contribution in [3.8, 4) is 5.75 Å². The van der Waals surface area contributed by atoms with E-state index in [1.807, 2.05) is 49.4 Å². The van der Waals surface area contributed by atoms with Crippen LogP contribution in [0.5, 0.6) is 5.75 Å². The normalized spacial score (nSPS) is 10.3. The topological polar surface area (TPSA) is 52.3 Å². The molecular formula is C17H19NO2. The van der Waals surface area contributed by atoms with Crippen molar-refractivity contribution in [1.82, 2.24) is 0 Å². The maximum absolute atomic E-state index is 12.6. The molecule has 0 atom stereocenters. The molecule has 0 heterocycles. The van der Waals surface area contributed by atoms with Gasteiger partial charge in [0.15, 0.2) is 5.78 Å². The Morgan fingerprint density at radius 1 is 1.15 bits per heavy atom. The Morgan fingerprint density at radius 2 is 1.95 bits per heavy atom. The van der Waals surface area contributed by atoms with E-state index in [2.05, 4.69) is 0 Å². The fraction of sp³-hybridized carbons (Fsp3) is 0.235. The van der Waals surface area contributed by atoms with Crippen LogP contribution in [0.15, 0.2) is 48.5 Å². The van der Waals surface area contributed by atoms with Crippen LogP contribution in [0, 0.1) is 0 Å². The number of ketones is 1. The van der Waals surface area contributed by atoms with Crippen molar-refractivity contribution in [1.29, 1.82) is 0 Å². The van der Waals surface area contributed by atoms with Crippen molar-refractivity contribution in [3.05, 3.63) is 65.2 Å². The predicted molar refractivity (Wildman–Crippen MR) is 80.2 cm³/mol. The van der Waals surface area contributed by atoms with Crippen LogP contribution in [0.2, 0.25) is 0 Å². The van der Waals surface area contributed by atoms with E-state index in [9.17, 15) is 4.79 Å². The zero-order valence-electron chi connectivity index (χ0n) is 11.6. The van der Waals surface area contributed by atoms with Gasteiger partial charge in [0.2, 0.25) is 0 Å². The molecule has 104 valence electrons. The first-order valence-electron chi connectivity index (χ1n) is 6.81. The van der Waals surface area contributed by atoms with Gasteiger partial charge in [0.25, 0.3) is 0 Å². The lowest BCUT2D eigenvalue weighted by atomic mass is 9.96. The number of benzene rings is 2. The van der Waals surface area contributed by atoms with Crippen LogP contribution in [0.25, 0.3) is 0 Å². The average Bonchev–Trinajstić information content (AvgIpc) is 2.48. The van der Waals surface area contributed by atoms with E-state index in [0.29, 0.717) is 30.7 Å². The fourth-order valence-electron chi connectivity index (χ4n) is 2.16. The number of hydrogen-bond donors (Lipinski definition) is 1. The summed E-state index contributed by atoms with van der Waals surface area (Å²) in [5.74, 6) is 0.727. The smallest absolute Gasteiger partial charge is 0.193 e. The largest absolute Gasteiger partial charge is 0.494 e. The minimum absolute atomic E-state index is 0.00982. The Hall–Kier alpha value is -2.13. The summed E-state index contributed by atoms with van der Waals surface area (Å²) in [7, 11) is 0. The van der Waals surface area contributed by atoms with E-state index in [-0.39, 0.29) is 5.78 Å². The molecule has 2 aromatic rings. The van der Waals surface area contributed by atoms with Gasteiger partial charge >= 0.3 is 0 Å². The fourth-order valence-corrected chi connectivity index (χ4v) is 2.16. The average molecular weight is 269 g/mol. The third-order valence-electron chi connectivity index (χ3n) is 3.08. The van der Waals surface area contributed by atoms with Crippen molar-refractivity contribution < 1.29 is 9.53 Å². The minimum Gasteiger partial charge on any atom is -0.494 e. The second kappa shape index (κ2) is 6.87. The van der Waals surface area contributed by atoms with Crippen LogP contribution >= 0.6 is 0 Å². The molecule has 0 aliphatic rings. The van der Waals surface area contributed by atoms with Gasteiger partial charge in [-0.05, 0) is 37.6 Å². The summed E-state index contributed by atoms with van der Waals surface area (Å²) in [6.07, 6.45) is 0.701. The lowest BCUT2D eigenvalue weighted by molar-refractivity contribution is 0.103. The molecule has 0 spiro atoms. The maximum atomic E-state index is 12.6. The first-order chi connectivity index (χ1) is 9.76. The van der Waals surface area contributed by atoms with Crippen molar-refractivity contribution in [2.45, 2.75) is 13.3 Å². The number of carbonyl (C=O) groups excluding carboxylic acids is 1. The van der Waals surface area contributed by atoms with E-state index in [1.165, 1.54) is 0 Å². The quantitative estimate of drug-likeness (QED) is 0.820. The number of rotatable bonds is 6. The van der Waals surface area contributed by atoms with E-state index >= 15 is 0 Å². The Bertz CT molecular complexity index is 593. The number of carbonyl (C=O) groups is 1. The molecular weight excluding hydrogens is 250 g/mol. The third-order valence-corrected chi connectivity index (χ3v) is 3.08. The summed E-state index contributed by atoms with van der Waals surface area (Å²) in [5.41, 5.74) is 7.94. The van der Waals surface area contributed by atoms with Crippen LogP contribution in [-0.4, -0.2) is 18.9 Å². The molecule has 2 rings (SSSR count). The molecule has 0 saturated heterocycles. The summed E-state index contributed by atoms with van der Waals surface area (Å²) >= 11 is 0. The first kappa shape index (κ1) is 14.3. The number of hydrogen-bond acceptors (Lipinski definition) is 3. The highest BCUT2D eigenvalue weighted by atomic mass is 16.5. The monoisotopic (exact) mass is 269 g/mol. The molecule has 3 heteroatoms. The zero-order valence-corrected chi connectivity index (χ0v) is 11.6. The molecule has 0 saturated carbocycles. The molecule has 0 fully saturated rings. The first-order valence-corrected chi connectivity index (χ1v) is 6.81. The molecule has 0 radical (unpaired) electrons. The molecule has 2 aromatic carbocycles. The van der Waals surface area contributed by atoms with Crippen LogP contribution in [0.4, 0.5) is 0 Å². The molecule has 0 aliphatic carbocycles. The summed E-state index contributed by atoms with van der Waals surface area (Å²) in [4.78, 5) is 12.6. The van der Waals surface area contributed by atoms with Crippen molar-refractivity contribution in [2.75, 3.05) is 13.2 Å². The van der Waals surface area contributed by atoms with Gasteiger partial charge in [0.05, 0.1) is 6.61 Å². The lowest BCUT2D eigenvalue weighted by Gasteiger charge is -2.09. The molecule has 20 heavy (non-hydrogen) atoms. The minimum atomic E-state index is 0.00982. The summed E-state index contributed by atoms with van der Waals surface area (Å²) in [5, 5.41) is 0. The van der Waals surface area contributed by atoms with Crippen molar-refractivity contribution >= 4 is 5.78 Å². The van der Waals surface area contributed by atoms with Crippen molar-refractivity contribution in [2.24, 2.45) is 5.73 Å². The van der Waals surface area contributed by atoms with Crippen LogP contribution in [-0.2, 0) is 6.42 Å². The summed E-state index contributed by atoms with van der Waals surface area (Å²) in [6.45, 7) is 3.04. The molecule has 0 amide bonds. The summed E-state index contributed by atoms with van der Waals surface area (Å²) < 4.78 is 5.44. The van der Waals surface area contributed by atoms with E-state index in [0.717, 1.165) is 11.3 Å². The molecule has 0 bridgehead atoms. The Kier molecular flexibility index (Phi) is 4.91.